The first kappa shape index (κ1) is 19.2. The van der Waals surface area contributed by atoms with Crippen LogP contribution < -0.4 is 0 Å². The number of fused-ring (bicyclic) bond motifs is 1. The van der Waals surface area contributed by atoms with E-state index in [9.17, 15) is 9.59 Å². The highest BCUT2D eigenvalue weighted by Crippen LogP contribution is 2.59. The molecule has 0 radical (unpaired) electrons. The molecule has 3 aromatic rings. The summed E-state index contributed by atoms with van der Waals surface area (Å²) in [6, 6.07) is 16.9. The van der Waals surface area contributed by atoms with E-state index >= 15 is 0 Å². The molecular weight excluding hydrogens is 370 g/mol. The van der Waals surface area contributed by atoms with E-state index in [0.717, 1.165) is 10.9 Å². The molecule has 1 aliphatic heterocycles. The second-order valence-corrected chi connectivity index (χ2v) is 8.05. The Morgan fingerprint density at radius 3 is 2.34 bits per heavy atom. The number of nitrogens with zero attached hydrogens (tertiary/aromatic N) is 1. The minimum Gasteiger partial charge on any atom is -0.467 e. The van der Waals surface area contributed by atoms with Crippen LogP contribution in [-0.2, 0) is 24.6 Å². The van der Waals surface area contributed by atoms with Gasteiger partial charge in [0.25, 0.3) is 0 Å². The minimum absolute atomic E-state index is 0.492. The van der Waals surface area contributed by atoms with Gasteiger partial charge in [-0.1, -0.05) is 48.5 Å². The van der Waals surface area contributed by atoms with Crippen molar-refractivity contribution in [2.75, 3.05) is 7.11 Å². The molecule has 0 bridgehead atoms. The van der Waals surface area contributed by atoms with Crippen LogP contribution in [0.4, 0.5) is 4.79 Å². The normalized spacial score (nSPS) is 21.0. The van der Waals surface area contributed by atoms with Gasteiger partial charge in [0.1, 0.15) is 11.7 Å². The lowest BCUT2D eigenvalue weighted by Gasteiger charge is -2.19. The van der Waals surface area contributed by atoms with Gasteiger partial charge in [0.05, 0.1) is 12.6 Å². The molecule has 150 valence electrons. The fourth-order valence-corrected chi connectivity index (χ4v) is 3.64. The number of hydrogen-bond donors (Lipinski definition) is 0. The van der Waals surface area contributed by atoms with Crippen LogP contribution >= 0.6 is 0 Å². The van der Waals surface area contributed by atoms with Crippen molar-refractivity contribution >= 4 is 23.0 Å². The number of carbonyl (C=O) groups excluding carboxylic acids is 2. The second kappa shape index (κ2) is 6.74. The van der Waals surface area contributed by atoms with E-state index in [4.69, 9.17) is 14.2 Å². The highest BCUT2D eigenvalue weighted by molar-refractivity contribution is 5.98. The highest BCUT2D eigenvalue weighted by atomic mass is 16.7. The summed E-state index contributed by atoms with van der Waals surface area (Å²) in [6.45, 7) is 5.43. The number of esters is 1. The molecule has 0 unspecified atom stereocenters. The number of hydrogen-bond acceptors (Lipinski definition) is 5. The van der Waals surface area contributed by atoms with Crippen LogP contribution in [0, 0.1) is 0 Å². The molecule has 1 aromatic heterocycles. The van der Waals surface area contributed by atoms with Crippen LogP contribution in [0.3, 0.4) is 0 Å². The lowest BCUT2D eigenvalue weighted by atomic mass is 9.91. The van der Waals surface area contributed by atoms with E-state index in [0.29, 0.717) is 11.1 Å². The maximum absolute atomic E-state index is 12.9. The Morgan fingerprint density at radius 2 is 1.69 bits per heavy atom. The summed E-state index contributed by atoms with van der Waals surface area (Å²) < 4.78 is 18.0. The van der Waals surface area contributed by atoms with Crippen LogP contribution in [0.1, 0.15) is 38.0 Å². The van der Waals surface area contributed by atoms with Gasteiger partial charge < -0.3 is 14.2 Å². The van der Waals surface area contributed by atoms with Gasteiger partial charge in [0.15, 0.2) is 0 Å². The first-order chi connectivity index (χ1) is 13.8. The van der Waals surface area contributed by atoms with Crippen LogP contribution in [-0.4, -0.2) is 29.3 Å². The van der Waals surface area contributed by atoms with Crippen molar-refractivity contribution in [1.29, 1.82) is 0 Å². The zero-order valence-corrected chi connectivity index (χ0v) is 16.8. The van der Waals surface area contributed by atoms with E-state index in [-0.39, 0.29) is 0 Å². The number of aromatic nitrogens is 1. The molecule has 6 nitrogen and oxygen atoms in total. The Bertz CT molecular complexity index is 1080. The molecule has 29 heavy (non-hydrogen) atoms. The van der Waals surface area contributed by atoms with E-state index in [1.807, 2.05) is 75.4 Å². The zero-order valence-electron chi connectivity index (χ0n) is 16.8. The Labute approximate surface area is 169 Å². The fourth-order valence-electron chi connectivity index (χ4n) is 3.64. The SMILES string of the molecule is COC(=O)[C@@]1(c2cn(C(=O)OC(C)(C)C)c3ccccc23)O[C@H]1c1ccccc1. The van der Waals surface area contributed by atoms with Crippen molar-refractivity contribution in [2.45, 2.75) is 38.1 Å². The van der Waals surface area contributed by atoms with Crippen molar-refractivity contribution in [3.63, 3.8) is 0 Å². The maximum Gasteiger partial charge on any atom is 0.419 e. The van der Waals surface area contributed by atoms with E-state index in [1.165, 1.54) is 11.7 Å². The third-order valence-electron chi connectivity index (χ3n) is 4.91. The highest BCUT2D eigenvalue weighted by Gasteiger charge is 2.66. The molecule has 4 rings (SSSR count). The van der Waals surface area contributed by atoms with Gasteiger partial charge in [-0.05, 0) is 32.4 Å². The summed E-state index contributed by atoms with van der Waals surface area (Å²) in [4.78, 5) is 25.7. The average Bonchev–Trinajstić information content (AvgIpc) is 3.33. The number of methoxy groups -OCH3 is 1. The molecule has 2 aromatic carbocycles. The zero-order chi connectivity index (χ0) is 20.8. The lowest BCUT2D eigenvalue weighted by Crippen LogP contribution is -2.27. The summed E-state index contributed by atoms with van der Waals surface area (Å²) >= 11 is 0. The first-order valence-corrected chi connectivity index (χ1v) is 9.43. The van der Waals surface area contributed by atoms with Crippen LogP contribution in [0.5, 0.6) is 0 Å². The van der Waals surface area contributed by atoms with Crippen molar-refractivity contribution in [2.24, 2.45) is 0 Å². The number of para-hydroxylation sites is 1. The molecule has 1 fully saturated rings. The second-order valence-electron chi connectivity index (χ2n) is 8.05. The molecule has 0 spiro atoms. The summed E-state index contributed by atoms with van der Waals surface area (Å²) in [6.07, 6.45) is 0.615. The first-order valence-electron chi connectivity index (χ1n) is 9.43. The third-order valence-corrected chi connectivity index (χ3v) is 4.91. The molecule has 6 heteroatoms. The van der Waals surface area contributed by atoms with Crippen molar-refractivity contribution in [3.05, 3.63) is 71.9 Å². The van der Waals surface area contributed by atoms with Crippen LogP contribution in [0.25, 0.3) is 10.9 Å². The van der Waals surface area contributed by atoms with Gasteiger partial charge in [-0.15, -0.1) is 0 Å². The van der Waals surface area contributed by atoms with Crippen LogP contribution in [0.15, 0.2) is 60.8 Å². The van der Waals surface area contributed by atoms with Crippen molar-refractivity contribution in [1.82, 2.24) is 4.57 Å². The quantitative estimate of drug-likeness (QED) is 0.482. The minimum atomic E-state index is -1.30. The van der Waals surface area contributed by atoms with Crippen molar-refractivity contribution < 1.29 is 23.8 Å². The maximum atomic E-state index is 12.9. The van der Waals surface area contributed by atoms with E-state index in [2.05, 4.69) is 0 Å². The standard InChI is InChI=1S/C23H23NO5/c1-22(2,3)29-21(26)24-14-17(16-12-8-9-13-18(16)24)23(20(25)27-4)19(28-23)15-10-6-5-7-11-15/h5-14,19H,1-4H3/t19-,23-/m0/s1. The topological polar surface area (TPSA) is 70.1 Å². The number of benzene rings is 2. The Balaban J connectivity index is 1.86. The summed E-state index contributed by atoms with van der Waals surface area (Å²) in [7, 11) is 1.33. The smallest absolute Gasteiger partial charge is 0.419 e. The van der Waals surface area contributed by atoms with Crippen LogP contribution in [0.2, 0.25) is 0 Å². The van der Waals surface area contributed by atoms with Gasteiger partial charge in [-0.2, -0.15) is 0 Å². The van der Waals surface area contributed by atoms with Gasteiger partial charge in [-0.3, -0.25) is 4.57 Å². The third kappa shape index (κ3) is 3.19. The molecule has 0 amide bonds. The van der Waals surface area contributed by atoms with Gasteiger partial charge in [0, 0.05) is 17.1 Å². The molecule has 0 aliphatic carbocycles. The predicted molar refractivity (Wildman–Crippen MR) is 108 cm³/mol. The van der Waals surface area contributed by atoms with Gasteiger partial charge >= 0.3 is 12.1 Å². The molecule has 1 saturated heterocycles. The Morgan fingerprint density at radius 1 is 1.03 bits per heavy atom. The van der Waals surface area contributed by atoms with E-state index < -0.39 is 29.4 Å². The molecule has 0 N–H and O–H groups in total. The summed E-state index contributed by atoms with van der Waals surface area (Å²) in [5.41, 5.74) is 0.142. The Kier molecular flexibility index (Phi) is 4.46. The number of ether oxygens (including phenoxy) is 3. The monoisotopic (exact) mass is 393 g/mol. The summed E-state index contributed by atoms with van der Waals surface area (Å²) in [5.74, 6) is -0.501. The fraction of sp³-hybridized carbons (Fsp3) is 0.304. The van der Waals surface area contributed by atoms with E-state index in [1.54, 1.807) is 6.20 Å². The Hall–Kier alpha value is -3.12. The number of epoxide rings is 1. The molecule has 1 aliphatic rings. The molecule has 0 saturated carbocycles. The number of rotatable bonds is 3. The van der Waals surface area contributed by atoms with Gasteiger partial charge in [-0.25, -0.2) is 9.59 Å². The van der Waals surface area contributed by atoms with Gasteiger partial charge in [0.2, 0.25) is 5.60 Å². The summed E-state index contributed by atoms with van der Waals surface area (Å²) in [5, 5.41) is 0.738. The van der Waals surface area contributed by atoms with Crippen molar-refractivity contribution in [3.8, 4) is 0 Å². The largest absolute Gasteiger partial charge is 0.467 e. The predicted octanol–water partition coefficient (Wildman–Crippen LogP) is 4.56. The lowest BCUT2D eigenvalue weighted by molar-refractivity contribution is -0.147. The molecular formula is C23H23NO5. The average molecular weight is 393 g/mol. The molecule has 2 atom stereocenters. The number of carbonyl (C=O) groups is 2. The molecule has 2 heterocycles.